The van der Waals surface area contributed by atoms with Crippen LogP contribution in [0.15, 0.2) is 18.2 Å². The van der Waals surface area contributed by atoms with Crippen LogP contribution in [-0.2, 0) is 11.3 Å². The van der Waals surface area contributed by atoms with Gasteiger partial charge in [0.25, 0.3) is 0 Å². The molecule has 0 aromatic heterocycles. The molecular formula is C15H22F2N2O3. The van der Waals surface area contributed by atoms with E-state index in [1.165, 1.54) is 24.1 Å². The number of carbonyl (C=O) groups is 1. The highest BCUT2D eigenvalue weighted by molar-refractivity contribution is 5.75. The molecule has 0 aliphatic heterocycles. The summed E-state index contributed by atoms with van der Waals surface area (Å²) in [7, 11) is 3.03. The van der Waals surface area contributed by atoms with E-state index in [9.17, 15) is 13.6 Å². The standard InChI is InChI=1S/C15H22F2N2O3/c1-10(18)4-7-14(20)19(2)9-11-5-6-12(21-3)13(8-11)22-15(16)17/h5-6,8,10,15H,4,7,9,18H2,1-3H3. The van der Waals surface area contributed by atoms with E-state index in [0.717, 1.165) is 0 Å². The molecule has 0 bridgehead atoms. The van der Waals surface area contributed by atoms with Crippen molar-refractivity contribution < 1.29 is 23.0 Å². The number of benzene rings is 1. The summed E-state index contributed by atoms with van der Waals surface area (Å²) in [6.07, 6.45) is 0.955. The van der Waals surface area contributed by atoms with Crippen molar-refractivity contribution in [3.05, 3.63) is 23.8 Å². The Kier molecular flexibility index (Phi) is 7.04. The molecule has 7 heteroatoms. The fourth-order valence-corrected chi connectivity index (χ4v) is 1.91. The van der Waals surface area contributed by atoms with Gasteiger partial charge in [0, 0.05) is 26.1 Å². The third-order valence-electron chi connectivity index (χ3n) is 3.10. The number of rotatable bonds is 8. The number of alkyl halides is 2. The largest absolute Gasteiger partial charge is 0.493 e. The Morgan fingerprint density at radius 2 is 2.05 bits per heavy atom. The lowest BCUT2D eigenvalue weighted by Crippen LogP contribution is -2.28. The van der Waals surface area contributed by atoms with Gasteiger partial charge in [-0.2, -0.15) is 8.78 Å². The van der Waals surface area contributed by atoms with E-state index in [1.54, 1.807) is 13.1 Å². The number of amides is 1. The molecule has 1 amide bonds. The molecule has 0 aliphatic carbocycles. The molecule has 0 radical (unpaired) electrons. The molecule has 1 atom stereocenters. The molecule has 124 valence electrons. The Morgan fingerprint density at radius 3 is 2.59 bits per heavy atom. The first-order valence-corrected chi connectivity index (χ1v) is 6.94. The average Bonchev–Trinajstić information content (AvgIpc) is 2.44. The third-order valence-corrected chi connectivity index (χ3v) is 3.10. The van der Waals surface area contributed by atoms with E-state index in [0.29, 0.717) is 24.9 Å². The summed E-state index contributed by atoms with van der Waals surface area (Å²) in [5.74, 6) is 0.117. The summed E-state index contributed by atoms with van der Waals surface area (Å²) in [4.78, 5) is 13.5. The average molecular weight is 316 g/mol. The van der Waals surface area contributed by atoms with Crippen LogP contribution in [0.1, 0.15) is 25.3 Å². The maximum atomic E-state index is 12.4. The number of hydrogen-bond acceptors (Lipinski definition) is 4. The van der Waals surface area contributed by atoms with Crippen LogP contribution in [0, 0.1) is 0 Å². The van der Waals surface area contributed by atoms with Crippen molar-refractivity contribution in [3.8, 4) is 11.5 Å². The minimum atomic E-state index is -2.94. The topological polar surface area (TPSA) is 64.8 Å². The Hall–Kier alpha value is -1.89. The van der Waals surface area contributed by atoms with Gasteiger partial charge in [0.05, 0.1) is 7.11 Å². The summed E-state index contributed by atoms with van der Waals surface area (Å²) >= 11 is 0. The molecule has 5 nitrogen and oxygen atoms in total. The van der Waals surface area contributed by atoms with Gasteiger partial charge in [-0.3, -0.25) is 4.79 Å². The van der Waals surface area contributed by atoms with Crippen LogP contribution in [-0.4, -0.2) is 37.6 Å². The number of ether oxygens (including phenoxy) is 2. The summed E-state index contributed by atoms with van der Waals surface area (Å²) in [6, 6.07) is 4.64. The van der Waals surface area contributed by atoms with Crippen molar-refractivity contribution in [2.45, 2.75) is 39.0 Å². The van der Waals surface area contributed by atoms with Gasteiger partial charge >= 0.3 is 6.61 Å². The van der Waals surface area contributed by atoms with Gasteiger partial charge < -0.3 is 20.1 Å². The van der Waals surface area contributed by atoms with Crippen LogP contribution in [0.25, 0.3) is 0 Å². The Bertz CT molecular complexity index is 496. The zero-order chi connectivity index (χ0) is 16.7. The van der Waals surface area contributed by atoms with Gasteiger partial charge in [-0.05, 0) is 31.0 Å². The number of halogens is 2. The zero-order valence-electron chi connectivity index (χ0n) is 13.0. The molecule has 1 unspecified atom stereocenters. The van der Waals surface area contributed by atoms with Crippen LogP contribution < -0.4 is 15.2 Å². The molecule has 22 heavy (non-hydrogen) atoms. The first kappa shape index (κ1) is 18.2. The smallest absolute Gasteiger partial charge is 0.387 e. The third kappa shape index (κ3) is 5.85. The maximum Gasteiger partial charge on any atom is 0.387 e. The molecule has 2 N–H and O–H groups in total. The lowest BCUT2D eigenvalue weighted by atomic mass is 10.1. The minimum absolute atomic E-state index is 0.0376. The van der Waals surface area contributed by atoms with E-state index < -0.39 is 6.61 Å². The lowest BCUT2D eigenvalue weighted by molar-refractivity contribution is -0.130. The van der Waals surface area contributed by atoms with Crippen LogP contribution in [0.3, 0.4) is 0 Å². The van der Waals surface area contributed by atoms with Crippen molar-refractivity contribution in [2.75, 3.05) is 14.2 Å². The predicted molar refractivity (Wildman–Crippen MR) is 79.0 cm³/mol. The van der Waals surface area contributed by atoms with E-state index in [-0.39, 0.29) is 23.4 Å². The second-order valence-corrected chi connectivity index (χ2v) is 5.13. The van der Waals surface area contributed by atoms with Gasteiger partial charge in [-0.15, -0.1) is 0 Å². The summed E-state index contributed by atoms with van der Waals surface area (Å²) in [5, 5.41) is 0. The monoisotopic (exact) mass is 316 g/mol. The Morgan fingerprint density at radius 1 is 1.36 bits per heavy atom. The number of nitrogens with two attached hydrogens (primary N) is 1. The molecule has 0 spiro atoms. The highest BCUT2D eigenvalue weighted by Gasteiger charge is 2.14. The van der Waals surface area contributed by atoms with Crippen molar-refractivity contribution in [1.82, 2.24) is 4.90 Å². The fourth-order valence-electron chi connectivity index (χ4n) is 1.91. The first-order valence-electron chi connectivity index (χ1n) is 6.94. The lowest BCUT2D eigenvalue weighted by Gasteiger charge is -2.19. The van der Waals surface area contributed by atoms with Crippen molar-refractivity contribution >= 4 is 5.91 Å². The van der Waals surface area contributed by atoms with Crippen molar-refractivity contribution in [2.24, 2.45) is 5.73 Å². The van der Waals surface area contributed by atoms with Gasteiger partial charge in [0.15, 0.2) is 11.5 Å². The minimum Gasteiger partial charge on any atom is -0.493 e. The van der Waals surface area contributed by atoms with E-state index in [1.807, 2.05) is 6.92 Å². The SMILES string of the molecule is COc1ccc(CN(C)C(=O)CCC(C)N)cc1OC(F)F. The van der Waals surface area contributed by atoms with E-state index in [2.05, 4.69) is 4.74 Å². The zero-order valence-corrected chi connectivity index (χ0v) is 13.0. The molecule has 1 rings (SSSR count). The maximum absolute atomic E-state index is 12.4. The number of hydrogen-bond donors (Lipinski definition) is 1. The summed E-state index contributed by atoms with van der Waals surface area (Å²) < 4.78 is 34.1. The molecular weight excluding hydrogens is 294 g/mol. The highest BCUT2D eigenvalue weighted by atomic mass is 19.3. The summed E-state index contributed by atoms with van der Waals surface area (Å²) in [6.45, 7) is -0.805. The number of carbonyl (C=O) groups excluding carboxylic acids is 1. The fraction of sp³-hybridized carbons (Fsp3) is 0.533. The number of methoxy groups -OCH3 is 1. The second-order valence-electron chi connectivity index (χ2n) is 5.13. The Labute approximate surface area is 129 Å². The van der Waals surface area contributed by atoms with Crippen LogP contribution in [0.4, 0.5) is 8.78 Å². The summed E-state index contributed by atoms with van der Waals surface area (Å²) in [5.41, 5.74) is 6.29. The normalized spacial score (nSPS) is 12.1. The van der Waals surface area contributed by atoms with Gasteiger partial charge in [0.2, 0.25) is 5.91 Å². The van der Waals surface area contributed by atoms with E-state index in [4.69, 9.17) is 10.5 Å². The van der Waals surface area contributed by atoms with Crippen LogP contribution in [0.2, 0.25) is 0 Å². The molecule has 0 fully saturated rings. The van der Waals surface area contributed by atoms with Gasteiger partial charge in [-0.25, -0.2) is 0 Å². The van der Waals surface area contributed by atoms with Crippen LogP contribution in [0.5, 0.6) is 11.5 Å². The number of nitrogens with zero attached hydrogens (tertiary/aromatic N) is 1. The Balaban J connectivity index is 2.74. The second kappa shape index (κ2) is 8.53. The van der Waals surface area contributed by atoms with Crippen molar-refractivity contribution in [3.63, 3.8) is 0 Å². The molecule has 0 saturated carbocycles. The quantitative estimate of drug-likeness (QED) is 0.800. The molecule has 1 aromatic rings. The molecule has 0 aliphatic rings. The van der Waals surface area contributed by atoms with Gasteiger partial charge in [-0.1, -0.05) is 6.07 Å². The van der Waals surface area contributed by atoms with E-state index >= 15 is 0 Å². The van der Waals surface area contributed by atoms with Crippen LogP contribution >= 0.6 is 0 Å². The molecule has 0 heterocycles. The first-order chi connectivity index (χ1) is 10.3. The molecule has 0 saturated heterocycles. The highest BCUT2D eigenvalue weighted by Crippen LogP contribution is 2.29. The van der Waals surface area contributed by atoms with Gasteiger partial charge in [0.1, 0.15) is 0 Å². The van der Waals surface area contributed by atoms with Crippen molar-refractivity contribution in [1.29, 1.82) is 0 Å². The molecule has 1 aromatic carbocycles. The predicted octanol–water partition coefficient (Wildman–Crippen LogP) is 2.38.